The number of thiazole rings is 1. The minimum atomic E-state index is -3.80. The Labute approximate surface area is 160 Å². The minimum absolute atomic E-state index is 0.0441. The van der Waals surface area contributed by atoms with Crippen LogP contribution in [0.4, 0.5) is 5.13 Å². The summed E-state index contributed by atoms with van der Waals surface area (Å²) in [5.41, 5.74) is 0.878. The van der Waals surface area contributed by atoms with E-state index in [9.17, 15) is 8.42 Å². The topological polar surface area (TPSA) is 76.3 Å². The van der Waals surface area contributed by atoms with Crippen LogP contribution < -0.4 is 4.31 Å². The molecule has 136 valence electrons. The average Bonchev–Trinajstić information content (AvgIpc) is 3.39. The Bertz CT molecular complexity index is 1110. The molecule has 6 nitrogen and oxygen atoms in total. The van der Waals surface area contributed by atoms with Gasteiger partial charge in [0.15, 0.2) is 10.9 Å². The first kappa shape index (κ1) is 17.4. The maximum absolute atomic E-state index is 13.1. The highest BCUT2D eigenvalue weighted by molar-refractivity contribution is 7.93. The highest BCUT2D eigenvalue weighted by Gasteiger charge is 2.28. The third-order valence-corrected chi connectivity index (χ3v) is 6.51. The summed E-state index contributed by atoms with van der Waals surface area (Å²) in [6.07, 6.45) is 3.16. The maximum Gasteiger partial charge on any atom is 0.266 e. The van der Waals surface area contributed by atoms with Gasteiger partial charge >= 0.3 is 0 Å². The van der Waals surface area contributed by atoms with Crippen molar-refractivity contribution in [1.29, 1.82) is 0 Å². The number of benzene rings is 2. The van der Waals surface area contributed by atoms with E-state index in [1.165, 1.54) is 15.6 Å². The van der Waals surface area contributed by atoms with Crippen LogP contribution >= 0.6 is 11.3 Å². The monoisotopic (exact) mass is 397 g/mol. The highest BCUT2D eigenvalue weighted by Crippen LogP contribution is 2.28. The first-order valence-corrected chi connectivity index (χ1v) is 10.4. The number of nitrogens with zero attached hydrogens (tertiary/aromatic N) is 3. The van der Waals surface area contributed by atoms with Gasteiger partial charge in [-0.05, 0) is 12.1 Å². The number of sulfonamides is 1. The highest BCUT2D eigenvalue weighted by atomic mass is 32.2. The van der Waals surface area contributed by atoms with E-state index in [1.807, 2.05) is 30.3 Å². The Balaban J connectivity index is 1.69. The molecule has 4 rings (SSSR count). The van der Waals surface area contributed by atoms with Crippen LogP contribution in [0.2, 0.25) is 0 Å². The molecule has 27 heavy (non-hydrogen) atoms. The van der Waals surface area contributed by atoms with Crippen LogP contribution in [0.5, 0.6) is 0 Å². The van der Waals surface area contributed by atoms with Crippen LogP contribution in [0.15, 0.2) is 87.8 Å². The summed E-state index contributed by atoms with van der Waals surface area (Å²) in [6, 6.07) is 17.8. The summed E-state index contributed by atoms with van der Waals surface area (Å²) in [7, 11) is -3.80. The number of aromatic nitrogens is 2. The van der Waals surface area contributed by atoms with Gasteiger partial charge in [-0.2, -0.15) is 0 Å². The van der Waals surface area contributed by atoms with Crippen molar-refractivity contribution in [3.05, 3.63) is 84.3 Å². The van der Waals surface area contributed by atoms with E-state index in [4.69, 9.17) is 4.42 Å². The van der Waals surface area contributed by atoms with E-state index < -0.39 is 10.0 Å². The van der Waals surface area contributed by atoms with Gasteiger partial charge in [-0.1, -0.05) is 48.5 Å². The summed E-state index contributed by atoms with van der Waals surface area (Å²) >= 11 is 1.24. The maximum atomic E-state index is 13.1. The molecule has 2 aromatic carbocycles. The van der Waals surface area contributed by atoms with Crippen LogP contribution in [0.1, 0.15) is 5.89 Å². The summed E-state index contributed by atoms with van der Waals surface area (Å²) in [6.45, 7) is -0.0441. The standard InChI is InChI=1S/C19H15N3O3S2/c23-27(24,16-9-5-2-6-10-16)22(19-20-11-12-26-19)14-18-21-13-17(25-18)15-7-3-1-4-8-15/h1-13H,14H2. The predicted octanol–water partition coefficient (Wildman–Crippen LogP) is 4.19. The van der Waals surface area contributed by atoms with Gasteiger partial charge in [-0.3, -0.25) is 0 Å². The molecule has 0 saturated carbocycles. The average molecular weight is 397 g/mol. The lowest BCUT2D eigenvalue weighted by Crippen LogP contribution is -2.30. The quantitative estimate of drug-likeness (QED) is 0.487. The molecule has 0 N–H and O–H groups in total. The predicted molar refractivity (Wildman–Crippen MR) is 104 cm³/mol. The Morgan fingerprint density at radius 2 is 1.67 bits per heavy atom. The summed E-state index contributed by atoms with van der Waals surface area (Å²) in [5.74, 6) is 0.880. The molecular weight excluding hydrogens is 382 g/mol. The summed E-state index contributed by atoms with van der Waals surface area (Å²) in [4.78, 5) is 8.61. The van der Waals surface area contributed by atoms with Crippen LogP contribution in [0.3, 0.4) is 0 Å². The molecule has 2 aromatic heterocycles. The Morgan fingerprint density at radius 1 is 0.963 bits per heavy atom. The second-order valence-corrected chi connectivity index (χ2v) is 8.36. The number of hydrogen-bond acceptors (Lipinski definition) is 6. The van der Waals surface area contributed by atoms with Crippen LogP contribution in [0, 0.1) is 0 Å². The van der Waals surface area contributed by atoms with E-state index in [-0.39, 0.29) is 11.4 Å². The van der Waals surface area contributed by atoms with Crippen molar-refractivity contribution < 1.29 is 12.8 Å². The lowest BCUT2D eigenvalue weighted by molar-refractivity contribution is 0.505. The van der Waals surface area contributed by atoms with Gasteiger partial charge < -0.3 is 4.42 Å². The third kappa shape index (κ3) is 3.62. The first-order chi connectivity index (χ1) is 13.1. The number of oxazole rings is 1. The van der Waals surface area contributed by atoms with Gasteiger partial charge in [0, 0.05) is 17.1 Å². The molecule has 0 fully saturated rings. The van der Waals surface area contributed by atoms with Gasteiger partial charge in [0.25, 0.3) is 10.0 Å². The third-order valence-electron chi connectivity index (χ3n) is 3.85. The molecule has 0 aliphatic heterocycles. The van der Waals surface area contributed by atoms with Gasteiger partial charge in [0.05, 0.1) is 11.1 Å². The normalized spacial score (nSPS) is 11.4. The Kier molecular flexibility index (Phi) is 4.74. The molecule has 0 radical (unpaired) electrons. The Hall–Kier alpha value is -2.97. The fourth-order valence-electron chi connectivity index (χ4n) is 2.56. The van der Waals surface area contributed by atoms with Gasteiger partial charge in [0.1, 0.15) is 6.54 Å². The smallest absolute Gasteiger partial charge is 0.266 e. The number of anilines is 1. The van der Waals surface area contributed by atoms with Crippen molar-refractivity contribution in [2.24, 2.45) is 0 Å². The zero-order valence-electron chi connectivity index (χ0n) is 14.1. The molecule has 0 atom stereocenters. The van der Waals surface area contributed by atoms with E-state index in [2.05, 4.69) is 9.97 Å². The minimum Gasteiger partial charge on any atom is -0.439 e. The van der Waals surface area contributed by atoms with Crippen molar-refractivity contribution in [1.82, 2.24) is 9.97 Å². The molecule has 8 heteroatoms. The van der Waals surface area contributed by atoms with Crippen LogP contribution in [-0.2, 0) is 16.6 Å². The van der Waals surface area contributed by atoms with E-state index in [0.29, 0.717) is 16.8 Å². The van der Waals surface area contributed by atoms with E-state index in [1.54, 1.807) is 48.1 Å². The largest absolute Gasteiger partial charge is 0.439 e. The van der Waals surface area contributed by atoms with Crippen molar-refractivity contribution in [3.63, 3.8) is 0 Å². The molecule has 0 unspecified atom stereocenters. The molecule has 0 bridgehead atoms. The number of rotatable bonds is 6. The van der Waals surface area contributed by atoms with E-state index >= 15 is 0 Å². The second-order valence-electron chi connectivity index (χ2n) is 5.62. The first-order valence-electron chi connectivity index (χ1n) is 8.12. The fraction of sp³-hybridized carbons (Fsp3) is 0.0526. The molecule has 0 amide bonds. The Morgan fingerprint density at radius 3 is 2.33 bits per heavy atom. The molecule has 0 spiro atoms. The molecule has 0 saturated heterocycles. The molecule has 2 heterocycles. The van der Waals surface area contributed by atoms with Gasteiger partial charge in [-0.15, -0.1) is 11.3 Å². The second kappa shape index (κ2) is 7.34. The lowest BCUT2D eigenvalue weighted by atomic mass is 10.2. The zero-order chi connectivity index (χ0) is 18.7. The van der Waals surface area contributed by atoms with Gasteiger partial charge in [0.2, 0.25) is 5.89 Å². The fourth-order valence-corrected chi connectivity index (χ4v) is 4.82. The summed E-state index contributed by atoms with van der Waals surface area (Å²) in [5, 5.41) is 2.09. The number of hydrogen-bond donors (Lipinski definition) is 0. The summed E-state index contributed by atoms with van der Waals surface area (Å²) < 4.78 is 33.3. The van der Waals surface area contributed by atoms with Crippen molar-refractivity contribution >= 4 is 26.5 Å². The van der Waals surface area contributed by atoms with E-state index in [0.717, 1.165) is 5.56 Å². The van der Waals surface area contributed by atoms with Crippen LogP contribution in [-0.4, -0.2) is 18.4 Å². The SMILES string of the molecule is O=S(=O)(c1ccccc1)N(Cc1ncc(-c2ccccc2)o1)c1nccs1. The van der Waals surface area contributed by atoms with Crippen molar-refractivity contribution in [3.8, 4) is 11.3 Å². The van der Waals surface area contributed by atoms with Crippen molar-refractivity contribution in [2.75, 3.05) is 4.31 Å². The molecule has 0 aliphatic carbocycles. The lowest BCUT2D eigenvalue weighted by Gasteiger charge is -2.20. The van der Waals surface area contributed by atoms with Gasteiger partial charge in [-0.25, -0.2) is 22.7 Å². The molecular formula is C19H15N3O3S2. The molecule has 0 aliphatic rings. The van der Waals surface area contributed by atoms with Crippen molar-refractivity contribution in [2.45, 2.75) is 11.4 Å². The van der Waals surface area contributed by atoms with Crippen LogP contribution in [0.25, 0.3) is 11.3 Å². The molecule has 4 aromatic rings. The zero-order valence-corrected chi connectivity index (χ0v) is 15.7.